The number of likely N-dealkylation sites (N-methyl/N-ethyl adjacent to an activating group) is 1. The fourth-order valence-electron chi connectivity index (χ4n) is 1.51. The second-order valence-corrected chi connectivity index (χ2v) is 4.53. The third-order valence-electron chi connectivity index (χ3n) is 2.52. The zero-order valence-corrected chi connectivity index (χ0v) is 11.3. The second-order valence-electron chi connectivity index (χ2n) is 3.72. The van der Waals surface area contributed by atoms with Crippen LogP contribution >= 0.6 is 23.2 Å². The van der Waals surface area contributed by atoms with Gasteiger partial charge in [-0.15, -0.1) is 0 Å². The molecule has 3 nitrogen and oxygen atoms in total. The van der Waals surface area contributed by atoms with E-state index in [-0.39, 0.29) is 12.0 Å². The number of rotatable bonds is 5. The van der Waals surface area contributed by atoms with E-state index in [1.54, 1.807) is 6.07 Å². The lowest BCUT2D eigenvalue weighted by Crippen LogP contribution is -2.30. The summed E-state index contributed by atoms with van der Waals surface area (Å²) in [6.07, 6.45) is 1.02. The van der Waals surface area contributed by atoms with Crippen LogP contribution in [0.4, 0.5) is 0 Å². The Morgan fingerprint density at radius 3 is 2.65 bits per heavy atom. The highest BCUT2D eigenvalue weighted by Crippen LogP contribution is 2.23. The molecule has 0 heterocycles. The van der Waals surface area contributed by atoms with Gasteiger partial charge < -0.3 is 10.1 Å². The molecule has 17 heavy (non-hydrogen) atoms. The van der Waals surface area contributed by atoms with E-state index < -0.39 is 0 Å². The molecule has 0 aliphatic heterocycles. The molecule has 0 fully saturated rings. The van der Waals surface area contributed by atoms with Crippen molar-refractivity contribution < 1.29 is 9.53 Å². The van der Waals surface area contributed by atoms with Gasteiger partial charge >= 0.3 is 5.97 Å². The molecule has 1 atom stereocenters. The van der Waals surface area contributed by atoms with Crippen molar-refractivity contribution >= 4 is 29.2 Å². The number of benzene rings is 1. The molecule has 1 aromatic carbocycles. The van der Waals surface area contributed by atoms with Crippen LogP contribution in [0, 0.1) is 0 Å². The van der Waals surface area contributed by atoms with Gasteiger partial charge in [0.1, 0.15) is 0 Å². The molecule has 0 aliphatic carbocycles. The SMILES string of the molecule is CNC(CC(=O)OC)Cc1ccc(Cl)c(Cl)c1. The Hall–Kier alpha value is -0.770. The molecule has 1 rings (SSSR count). The number of nitrogens with one attached hydrogen (secondary N) is 1. The van der Waals surface area contributed by atoms with Gasteiger partial charge in [-0.05, 0) is 31.2 Å². The molecule has 1 unspecified atom stereocenters. The molecule has 0 aliphatic rings. The summed E-state index contributed by atoms with van der Waals surface area (Å²) >= 11 is 11.8. The monoisotopic (exact) mass is 275 g/mol. The van der Waals surface area contributed by atoms with E-state index in [2.05, 4.69) is 10.1 Å². The number of hydrogen-bond acceptors (Lipinski definition) is 3. The highest BCUT2D eigenvalue weighted by molar-refractivity contribution is 6.42. The quantitative estimate of drug-likeness (QED) is 0.840. The average Bonchev–Trinajstić information content (AvgIpc) is 2.32. The van der Waals surface area contributed by atoms with Crippen molar-refractivity contribution in [2.45, 2.75) is 18.9 Å². The van der Waals surface area contributed by atoms with Gasteiger partial charge in [-0.2, -0.15) is 0 Å². The summed E-state index contributed by atoms with van der Waals surface area (Å²) in [6, 6.07) is 5.49. The van der Waals surface area contributed by atoms with Crippen LogP contribution in [0.2, 0.25) is 10.0 Å². The number of carbonyl (C=O) groups is 1. The van der Waals surface area contributed by atoms with Crippen molar-refractivity contribution in [2.24, 2.45) is 0 Å². The maximum Gasteiger partial charge on any atom is 0.307 e. The molecule has 0 amide bonds. The smallest absolute Gasteiger partial charge is 0.307 e. The predicted octanol–water partition coefficient (Wildman–Crippen LogP) is 2.69. The Morgan fingerprint density at radius 2 is 2.12 bits per heavy atom. The summed E-state index contributed by atoms with van der Waals surface area (Å²) in [6.45, 7) is 0. The molecule has 0 saturated carbocycles. The molecule has 0 aromatic heterocycles. The van der Waals surface area contributed by atoms with Gasteiger partial charge in [0.05, 0.1) is 23.6 Å². The van der Waals surface area contributed by atoms with Crippen LogP contribution in [0.3, 0.4) is 0 Å². The van der Waals surface area contributed by atoms with Gasteiger partial charge in [0.2, 0.25) is 0 Å². The highest BCUT2D eigenvalue weighted by atomic mass is 35.5. The topological polar surface area (TPSA) is 38.3 Å². The molecule has 1 N–H and O–H groups in total. The molecule has 0 saturated heterocycles. The van der Waals surface area contributed by atoms with E-state index in [1.165, 1.54) is 7.11 Å². The van der Waals surface area contributed by atoms with Gasteiger partial charge in [-0.25, -0.2) is 0 Å². The molecule has 0 bridgehead atoms. The first-order chi connectivity index (χ1) is 8.06. The summed E-state index contributed by atoms with van der Waals surface area (Å²) in [7, 11) is 3.19. The van der Waals surface area contributed by atoms with Crippen molar-refractivity contribution in [3.8, 4) is 0 Å². The van der Waals surface area contributed by atoms with E-state index in [1.807, 2.05) is 19.2 Å². The molecule has 0 spiro atoms. The van der Waals surface area contributed by atoms with Crippen LogP contribution in [0.15, 0.2) is 18.2 Å². The number of esters is 1. The Kier molecular flexibility index (Phi) is 5.75. The molecule has 0 radical (unpaired) electrons. The zero-order chi connectivity index (χ0) is 12.8. The summed E-state index contributed by atoms with van der Waals surface area (Å²) in [5.41, 5.74) is 1.03. The average molecular weight is 276 g/mol. The van der Waals surface area contributed by atoms with Gasteiger partial charge in [0, 0.05) is 6.04 Å². The highest BCUT2D eigenvalue weighted by Gasteiger charge is 2.13. The largest absolute Gasteiger partial charge is 0.469 e. The molecule has 94 valence electrons. The summed E-state index contributed by atoms with van der Waals surface area (Å²) in [5, 5.41) is 4.13. The minimum Gasteiger partial charge on any atom is -0.469 e. The van der Waals surface area contributed by atoms with Crippen molar-refractivity contribution in [3.63, 3.8) is 0 Å². The first-order valence-electron chi connectivity index (χ1n) is 5.24. The van der Waals surface area contributed by atoms with Crippen LogP contribution in [0.5, 0.6) is 0 Å². The Bertz CT molecular complexity index is 396. The first-order valence-corrected chi connectivity index (χ1v) is 6.00. The van der Waals surface area contributed by atoms with E-state index >= 15 is 0 Å². The lowest BCUT2D eigenvalue weighted by molar-refractivity contribution is -0.141. The van der Waals surface area contributed by atoms with E-state index in [4.69, 9.17) is 23.2 Å². The van der Waals surface area contributed by atoms with Gasteiger partial charge in [0.15, 0.2) is 0 Å². The molecule has 5 heteroatoms. The maximum absolute atomic E-state index is 11.2. The van der Waals surface area contributed by atoms with E-state index in [0.29, 0.717) is 22.9 Å². The number of carbonyl (C=O) groups excluding carboxylic acids is 1. The summed E-state index contributed by atoms with van der Waals surface area (Å²) < 4.78 is 4.64. The van der Waals surface area contributed by atoms with Gasteiger partial charge in [-0.3, -0.25) is 4.79 Å². The van der Waals surface area contributed by atoms with E-state index in [9.17, 15) is 4.79 Å². The van der Waals surface area contributed by atoms with Crippen LogP contribution in [0.1, 0.15) is 12.0 Å². The lowest BCUT2D eigenvalue weighted by atomic mass is 10.0. The second kappa shape index (κ2) is 6.84. The molecular formula is C12H15Cl2NO2. The fraction of sp³-hybridized carbons (Fsp3) is 0.417. The number of methoxy groups -OCH3 is 1. The minimum absolute atomic E-state index is 0.0275. The third-order valence-corrected chi connectivity index (χ3v) is 3.25. The normalized spacial score (nSPS) is 12.2. The van der Waals surface area contributed by atoms with Crippen LogP contribution in [-0.4, -0.2) is 26.2 Å². The number of hydrogen-bond donors (Lipinski definition) is 1. The Balaban J connectivity index is 2.67. The van der Waals surface area contributed by atoms with Gasteiger partial charge in [0.25, 0.3) is 0 Å². The fourth-order valence-corrected chi connectivity index (χ4v) is 1.83. The van der Waals surface area contributed by atoms with Crippen molar-refractivity contribution in [1.29, 1.82) is 0 Å². The van der Waals surface area contributed by atoms with Gasteiger partial charge in [-0.1, -0.05) is 29.3 Å². The minimum atomic E-state index is -0.232. The summed E-state index contributed by atoms with van der Waals surface area (Å²) in [5.74, 6) is -0.232. The first kappa shape index (κ1) is 14.3. The number of halogens is 2. The maximum atomic E-state index is 11.2. The van der Waals surface area contributed by atoms with Crippen molar-refractivity contribution in [1.82, 2.24) is 5.32 Å². The zero-order valence-electron chi connectivity index (χ0n) is 9.80. The Labute approximate surface area is 111 Å². The van der Waals surface area contributed by atoms with E-state index in [0.717, 1.165) is 5.56 Å². The summed E-state index contributed by atoms with van der Waals surface area (Å²) in [4.78, 5) is 11.2. The predicted molar refractivity (Wildman–Crippen MR) is 69.6 cm³/mol. The van der Waals surface area contributed by atoms with Crippen LogP contribution in [-0.2, 0) is 16.0 Å². The standard InChI is InChI=1S/C12H15Cl2NO2/c1-15-9(7-12(16)17-2)5-8-3-4-10(13)11(14)6-8/h3-4,6,9,15H,5,7H2,1-2H3. The lowest BCUT2D eigenvalue weighted by Gasteiger charge is -2.15. The molecule has 1 aromatic rings. The van der Waals surface area contributed by atoms with Crippen LogP contribution in [0.25, 0.3) is 0 Å². The van der Waals surface area contributed by atoms with Crippen molar-refractivity contribution in [2.75, 3.05) is 14.2 Å². The number of ether oxygens (including phenoxy) is 1. The van der Waals surface area contributed by atoms with Crippen LogP contribution < -0.4 is 5.32 Å². The Morgan fingerprint density at radius 1 is 1.41 bits per heavy atom. The molecular weight excluding hydrogens is 261 g/mol. The van der Waals surface area contributed by atoms with Crippen molar-refractivity contribution in [3.05, 3.63) is 33.8 Å². The third kappa shape index (κ3) is 4.54.